The predicted molar refractivity (Wildman–Crippen MR) is 85.0 cm³/mol. The van der Waals surface area contributed by atoms with Gasteiger partial charge in [0.1, 0.15) is 5.82 Å². The highest BCUT2D eigenvalue weighted by atomic mass is 79.9. The van der Waals surface area contributed by atoms with Gasteiger partial charge in [0.15, 0.2) is 0 Å². The minimum atomic E-state index is -0.209. The first kappa shape index (κ1) is 13.8. The topological polar surface area (TPSA) is 29.9 Å². The van der Waals surface area contributed by atoms with Gasteiger partial charge in [-0.25, -0.2) is 9.07 Å². The van der Waals surface area contributed by atoms with Crippen molar-refractivity contribution in [2.45, 2.75) is 6.54 Å². The van der Waals surface area contributed by atoms with Crippen molar-refractivity contribution in [3.05, 3.63) is 76.8 Å². The molecule has 3 rings (SSSR count). The number of rotatable bonds is 4. The van der Waals surface area contributed by atoms with Crippen LogP contribution in [-0.2, 0) is 6.54 Å². The molecule has 0 aliphatic carbocycles. The first-order valence-corrected chi connectivity index (χ1v) is 7.29. The average Bonchev–Trinajstić information content (AvgIpc) is 3.03. The third kappa shape index (κ3) is 3.31. The summed E-state index contributed by atoms with van der Waals surface area (Å²) in [5.74, 6) is -0.209. The van der Waals surface area contributed by atoms with Gasteiger partial charge in [0, 0.05) is 34.7 Å². The van der Waals surface area contributed by atoms with Crippen molar-refractivity contribution in [3.63, 3.8) is 0 Å². The van der Waals surface area contributed by atoms with Gasteiger partial charge >= 0.3 is 0 Å². The maximum absolute atomic E-state index is 13.6. The second kappa shape index (κ2) is 6.10. The standard InChI is InChI=1S/C16H13BrFN3/c17-13-2-7-16(18)12(10-13)11-19-14-3-5-15(6-4-14)21-9-1-8-20-21/h1-10,19H,11H2. The third-order valence-electron chi connectivity index (χ3n) is 3.13. The van der Waals surface area contributed by atoms with Gasteiger partial charge in [0.2, 0.25) is 0 Å². The van der Waals surface area contributed by atoms with Crippen molar-refractivity contribution >= 4 is 21.6 Å². The molecule has 0 saturated carbocycles. The van der Waals surface area contributed by atoms with Gasteiger partial charge in [0.05, 0.1) is 5.69 Å². The van der Waals surface area contributed by atoms with E-state index >= 15 is 0 Å². The summed E-state index contributed by atoms with van der Waals surface area (Å²) in [5.41, 5.74) is 2.55. The van der Waals surface area contributed by atoms with E-state index in [-0.39, 0.29) is 5.82 Å². The molecule has 0 atom stereocenters. The molecule has 0 aliphatic rings. The van der Waals surface area contributed by atoms with E-state index in [2.05, 4.69) is 26.3 Å². The highest BCUT2D eigenvalue weighted by Gasteiger charge is 2.03. The van der Waals surface area contributed by atoms with Crippen LogP contribution in [0.3, 0.4) is 0 Å². The Kier molecular flexibility index (Phi) is 4.01. The van der Waals surface area contributed by atoms with Crippen LogP contribution < -0.4 is 5.32 Å². The summed E-state index contributed by atoms with van der Waals surface area (Å²) in [6.45, 7) is 0.437. The van der Waals surface area contributed by atoms with E-state index in [1.165, 1.54) is 6.07 Å². The van der Waals surface area contributed by atoms with E-state index in [0.29, 0.717) is 12.1 Å². The number of hydrogen-bond donors (Lipinski definition) is 1. The molecule has 0 amide bonds. The molecule has 3 aromatic rings. The van der Waals surface area contributed by atoms with Crippen molar-refractivity contribution in [1.82, 2.24) is 9.78 Å². The monoisotopic (exact) mass is 345 g/mol. The van der Waals surface area contributed by atoms with Crippen LogP contribution in [0.5, 0.6) is 0 Å². The van der Waals surface area contributed by atoms with E-state index in [4.69, 9.17) is 0 Å². The lowest BCUT2D eigenvalue weighted by Crippen LogP contribution is -2.02. The molecular weight excluding hydrogens is 333 g/mol. The Hall–Kier alpha value is -2.14. The fourth-order valence-electron chi connectivity index (χ4n) is 2.03. The Morgan fingerprint density at radius 1 is 1.14 bits per heavy atom. The molecule has 0 saturated heterocycles. The summed E-state index contributed by atoms with van der Waals surface area (Å²) >= 11 is 3.35. The largest absolute Gasteiger partial charge is 0.381 e. The molecule has 1 heterocycles. The molecule has 3 nitrogen and oxygen atoms in total. The summed E-state index contributed by atoms with van der Waals surface area (Å²) in [4.78, 5) is 0. The van der Waals surface area contributed by atoms with Crippen LogP contribution in [0.15, 0.2) is 65.4 Å². The Bertz CT molecular complexity index is 724. The zero-order valence-electron chi connectivity index (χ0n) is 11.1. The van der Waals surface area contributed by atoms with E-state index < -0.39 is 0 Å². The van der Waals surface area contributed by atoms with Crippen LogP contribution in [-0.4, -0.2) is 9.78 Å². The second-order valence-electron chi connectivity index (χ2n) is 4.59. The minimum absolute atomic E-state index is 0.209. The van der Waals surface area contributed by atoms with E-state index in [1.807, 2.05) is 36.5 Å². The maximum atomic E-state index is 13.6. The van der Waals surface area contributed by atoms with Gasteiger partial charge < -0.3 is 5.32 Å². The molecule has 1 N–H and O–H groups in total. The minimum Gasteiger partial charge on any atom is -0.381 e. The zero-order chi connectivity index (χ0) is 14.7. The van der Waals surface area contributed by atoms with E-state index in [1.54, 1.807) is 23.0 Å². The normalized spacial score (nSPS) is 10.6. The molecule has 0 radical (unpaired) electrons. The fraction of sp³-hybridized carbons (Fsp3) is 0.0625. The molecule has 0 fully saturated rings. The molecule has 106 valence electrons. The van der Waals surface area contributed by atoms with Crippen LogP contribution in [0.4, 0.5) is 10.1 Å². The van der Waals surface area contributed by atoms with Gasteiger partial charge in [-0.2, -0.15) is 5.10 Å². The molecule has 5 heteroatoms. The fourth-order valence-corrected chi connectivity index (χ4v) is 2.44. The first-order chi connectivity index (χ1) is 10.2. The van der Waals surface area contributed by atoms with Crippen molar-refractivity contribution in [2.75, 3.05) is 5.32 Å². The summed E-state index contributed by atoms with van der Waals surface area (Å²) in [6.07, 6.45) is 3.63. The Balaban J connectivity index is 1.70. The highest BCUT2D eigenvalue weighted by Crippen LogP contribution is 2.18. The van der Waals surface area contributed by atoms with Gasteiger partial charge in [-0.15, -0.1) is 0 Å². The van der Waals surface area contributed by atoms with E-state index in [9.17, 15) is 4.39 Å². The molecule has 21 heavy (non-hydrogen) atoms. The van der Waals surface area contributed by atoms with Crippen molar-refractivity contribution < 1.29 is 4.39 Å². The number of anilines is 1. The lowest BCUT2D eigenvalue weighted by Gasteiger charge is -2.09. The van der Waals surface area contributed by atoms with Gasteiger partial charge in [-0.1, -0.05) is 15.9 Å². The smallest absolute Gasteiger partial charge is 0.128 e. The van der Waals surface area contributed by atoms with Gasteiger partial charge in [0.25, 0.3) is 0 Å². The Morgan fingerprint density at radius 3 is 2.67 bits per heavy atom. The van der Waals surface area contributed by atoms with Crippen molar-refractivity contribution in [2.24, 2.45) is 0 Å². The highest BCUT2D eigenvalue weighted by molar-refractivity contribution is 9.10. The van der Waals surface area contributed by atoms with E-state index in [0.717, 1.165) is 15.8 Å². The number of nitrogens with zero attached hydrogens (tertiary/aromatic N) is 2. The van der Waals surface area contributed by atoms with Crippen molar-refractivity contribution in [3.8, 4) is 5.69 Å². The number of nitrogens with one attached hydrogen (secondary N) is 1. The summed E-state index contributed by atoms with van der Waals surface area (Å²) in [7, 11) is 0. The van der Waals surface area contributed by atoms with Gasteiger partial charge in [-0.3, -0.25) is 0 Å². The number of halogens is 2. The SMILES string of the molecule is Fc1ccc(Br)cc1CNc1ccc(-n2cccn2)cc1. The Morgan fingerprint density at radius 2 is 1.95 bits per heavy atom. The zero-order valence-corrected chi connectivity index (χ0v) is 12.7. The Labute approximate surface area is 130 Å². The molecule has 0 unspecified atom stereocenters. The van der Waals surface area contributed by atoms with Crippen LogP contribution >= 0.6 is 15.9 Å². The molecular formula is C16H13BrFN3. The summed E-state index contributed by atoms with van der Waals surface area (Å²) in [5, 5.41) is 7.38. The van der Waals surface area contributed by atoms with Crippen LogP contribution in [0, 0.1) is 5.82 Å². The van der Waals surface area contributed by atoms with Crippen LogP contribution in [0.2, 0.25) is 0 Å². The van der Waals surface area contributed by atoms with Gasteiger partial charge in [-0.05, 0) is 48.5 Å². The average molecular weight is 346 g/mol. The summed E-state index contributed by atoms with van der Waals surface area (Å²) < 4.78 is 16.3. The number of hydrogen-bond acceptors (Lipinski definition) is 2. The molecule has 2 aromatic carbocycles. The van der Waals surface area contributed by atoms with Crippen molar-refractivity contribution in [1.29, 1.82) is 0 Å². The summed E-state index contributed by atoms with van der Waals surface area (Å²) in [6, 6.07) is 14.6. The molecule has 0 spiro atoms. The first-order valence-electron chi connectivity index (χ1n) is 6.50. The second-order valence-corrected chi connectivity index (χ2v) is 5.50. The lowest BCUT2D eigenvalue weighted by atomic mass is 10.2. The lowest BCUT2D eigenvalue weighted by molar-refractivity contribution is 0.612. The predicted octanol–water partition coefficient (Wildman–Crippen LogP) is 4.39. The third-order valence-corrected chi connectivity index (χ3v) is 3.62. The molecule has 0 aliphatic heterocycles. The van der Waals surface area contributed by atoms with Crippen LogP contribution in [0.25, 0.3) is 5.69 Å². The molecule has 0 bridgehead atoms. The maximum Gasteiger partial charge on any atom is 0.128 e. The quantitative estimate of drug-likeness (QED) is 0.760. The number of benzene rings is 2. The number of aromatic nitrogens is 2. The van der Waals surface area contributed by atoms with Crippen LogP contribution in [0.1, 0.15) is 5.56 Å². The molecule has 1 aromatic heterocycles.